The fourth-order valence-electron chi connectivity index (χ4n) is 1.58. The Morgan fingerprint density at radius 2 is 2.21 bits per heavy atom. The van der Waals surface area contributed by atoms with Gasteiger partial charge in [0.25, 0.3) is 0 Å². The molecule has 0 fully saturated rings. The maximum Gasteiger partial charge on any atom is 0.137 e. The zero-order chi connectivity index (χ0) is 10.1. The van der Waals surface area contributed by atoms with E-state index in [0.29, 0.717) is 0 Å². The summed E-state index contributed by atoms with van der Waals surface area (Å²) in [6.07, 6.45) is 4.02. The first-order valence-corrected chi connectivity index (χ1v) is 4.74. The smallest absolute Gasteiger partial charge is 0.137 e. The average Bonchev–Trinajstić information content (AvgIpc) is 2.47. The van der Waals surface area contributed by atoms with E-state index < -0.39 is 0 Å². The van der Waals surface area contributed by atoms with Crippen molar-refractivity contribution in [1.29, 1.82) is 0 Å². The zero-order valence-corrected chi connectivity index (χ0v) is 8.86. The third kappa shape index (κ3) is 1.63. The molecule has 74 valence electrons. The molecule has 0 atom stereocenters. The van der Waals surface area contributed by atoms with Gasteiger partial charge in [0.2, 0.25) is 0 Å². The molecule has 0 aliphatic heterocycles. The standard InChI is InChI=1S/C11H15N3/c1-9-4-5-14-10(8-13(2)3)7-12-11(14)6-9/h4-7H,8H2,1-3H3. The Hall–Kier alpha value is -1.35. The highest BCUT2D eigenvalue weighted by atomic mass is 15.1. The molecule has 0 N–H and O–H groups in total. The van der Waals surface area contributed by atoms with E-state index in [0.717, 1.165) is 12.2 Å². The van der Waals surface area contributed by atoms with Gasteiger partial charge in [0, 0.05) is 12.7 Å². The third-order valence-electron chi connectivity index (χ3n) is 2.22. The van der Waals surface area contributed by atoms with Gasteiger partial charge < -0.3 is 9.30 Å². The molecule has 14 heavy (non-hydrogen) atoms. The number of pyridine rings is 1. The van der Waals surface area contributed by atoms with Crippen LogP contribution in [0.15, 0.2) is 24.5 Å². The molecule has 2 aromatic heterocycles. The third-order valence-corrected chi connectivity index (χ3v) is 2.22. The Labute approximate surface area is 84.0 Å². The molecule has 0 bridgehead atoms. The summed E-state index contributed by atoms with van der Waals surface area (Å²) in [4.78, 5) is 6.51. The summed E-state index contributed by atoms with van der Waals surface area (Å²) in [5.74, 6) is 0. The van der Waals surface area contributed by atoms with Crippen LogP contribution in [0.2, 0.25) is 0 Å². The molecule has 0 radical (unpaired) electrons. The van der Waals surface area contributed by atoms with Crippen molar-refractivity contribution in [2.75, 3.05) is 14.1 Å². The number of hydrogen-bond acceptors (Lipinski definition) is 2. The number of hydrogen-bond donors (Lipinski definition) is 0. The molecule has 0 unspecified atom stereocenters. The van der Waals surface area contributed by atoms with Crippen molar-refractivity contribution in [1.82, 2.24) is 14.3 Å². The largest absolute Gasteiger partial charge is 0.304 e. The Morgan fingerprint density at radius 3 is 2.93 bits per heavy atom. The predicted octanol–water partition coefficient (Wildman–Crippen LogP) is 1.70. The second-order valence-corrected chi connectivity index (χ2v) is 3.92. The van der Waals surface area contributed by atoms with Gasteiger partial charge in [0.15, 0.2) is 0 Å². The van der Waals surface area contributed by atoms with Crippen LogP contribution in [-0.2, 0) is 6.54 Å². The van der Waals surface area contributed by atoms with Crippen molar-refractivity contribution in [2.24, 2.45) is 0 Å². The van der Waals surface area contributed by atoms with Crippen LogP contribution in [-0.4, -0.2) is 28.4 Å². The Morgan fingerprint density at radius 1 is 1.43 bits per heavy atom. The van der Waals surface area contributed by atoms with Crippen LogP contribution < -0.4 is 0 Å². The quantitative estimate of drug-likeness (QED) is 0.716. The van der Waals surface area contributed by atoms with Crippen LogP contribution >= 0.6 is 0 Å². The fourth-order valence-corrected chi connectivity index (χ4v) is 1.58. The normalized spacial score (nSPS) is 11.4. The molecule has 0 aliphatic rings. The van der Waals surface area contributed by atoms with Gasteiger partial charge in [-0.05, 0) is 38.7 Å². The molecule has 0 saturated heterocycles. The summed E-state index contributed by atoms with van der Waals surface area (Å²) in [6.45, 7) is 3.00. The Kier molecular flexibility index (Phi) is 2.25. The maximum absolute atomic E-state index is 4.37. The second-order valence-electron chi connectivity index (χ2n) is 3.92. The first-order valence-electron chi connectivity index (χ1n) is 4.74. The number of aromatic nitrogens is 2. The van der Waals surface area contributed by atoms with Crippen LogP contribution in [0.3, 0.4) is 0 Å². The van der Waals surface area contributed by atoms with Crippen molar-refractivity contribution < 1.29 is 0 Å². The molecule has 2 rings (SSSR count). The van der Waals surface area contributed by atoms with E-state index in [2.05, 4.69) is 53.6 Å². The fraction of sp³-hybridized carbons (Fsp3) is 0.364. The van der Waals surface area contributed by atoms with Gasteiger partial charge in [-0.15, -0.1) is 0 Å². The van der Waals surface area contributed by atoms with E-state index in [-0.39, 0.29) is 0 Å². The lowest BCUT2D eigenvalue weighted by Crippen LogP contribution is -2.12. The van der Waals surface area contributed by atoms with E-state index in [4.69, 9.17) is 0 Å². The van der Waals surface area contributed by atoms with E-state index in [9.17, 15) is 0 Å². The summed E-state index contributed by atoms with van der Waals surface area (Å²) < 4.78 is 2.13. The van der Waals surface area contributed by atoms with Crippen LogP contribution in [0.4, 0.5) is 0 Å². The Bertz CT molecular complexity index is 443. The molecule has 0 aromatic carbocycles. The van der Waals surface area contributed by atoms with E-state index in [1.807, 2.05) is 6.20 Å². The highest BCUT2D eigenvalue weighted by Gasteiger charge is 2.03. The molecule has 0 amide bonds. The van der Waals surface area contributed by atoms with Crippen molar-refractivity contribution in [2.45, 2.75) is 13.5 Å². The lowest BCUT2D eigenvalue weighted by molar-refractivity contribution is 0.395. The van der Waals surface area contributed by atoms with Crippen molar-refractivity contribution >= 4 is 5.65 Å². The predicted molar refractivity (Wildman–Crippen MR) is 57.3 cm³/mol. The van der Waals surface area contributed by atoms with Crippen LogP contribution in [0, 0.1) is 6.92 Å². The molecular weight excluding hydrogens is 174 g/mol. The monoisotopic (exact) mass is 189 g/mol. The lowest BCUT2D eigenvalue weighted by Gasteiger charge is -2.08. The highest BCUT2D eigenvalue weighted by molar-refractivity contribution is 5.42. The molecule has 3 nitrogen and oxygen atoms in total. The van der Waals surface area contributed by atoms with Crippen molar-refractivity contribution in [3.8, 4) is 0 Å². The SMILES string of the molecule is Cc1ccn2c(CN(C)C)cnc2c1. The van der Waals surface area contributed by atoms with Gasteiger partial charge >= 0.3 is 0 Å². The molecule has 2 aromatic rings. The van der Waals surface area contributed by atoms with Gasteiger partial charge in [0.05, 0.1) is 11.9 Å². The van der Waals surface area contributed by atoms with Gasteiger partial charge in [-0.2, -0.15) is 0 Å². The lowest BCUT2D eigenvalue weighted by atomic mass is 10.3. The first kappa shape index (κ1) is 9.21. The minimum absolute atomic E-state index is 0.921. The van der Waals surface area contributed by atoms with Crippen molar-refractivity contribution in [3.63, 3.8) is 0 Å². The zero-order valence-electron chi connectivity index (χ0n) is 8.86. The van der Waals surface area contributed by atoms with Gasteiger partial charge in [-0.25, -0.2) is 4.98 Å². The molecule has 0 saturated carbocycles. The highest BCUT2D eigenvalue weighted by Crippen LogP contribution is 2.09. The summed E-state index contributed by atoms with van der Waals surface area (Å²) in [6, 6.07) is 4.20. The van der Waals surface area contributed by atoms with Gasteiger partial charge in [-0.1, -0.05) is 0 Å². The van der Waals surface area contributed by atoms with E-state index in [1.54, 1.807) is 0 Å². The minimum Gasteiger partial charge on any atom is -0.304 e. The summed E-state index contributed by atoms with van der Waals surface area (Å²) in [7, 11) is 4.13. The van der Waals surface area contributed by atoms with Crippen LogP contribution in [0.25, 0.3) is 5.65 Å². The minimum atomic E-state index is 0.921. The first-order chi connectivity index (χ1) is 6.66. The van der Waals surface area contributed by atoms with Gasteiger partial charge in [0.1, 0.15) is 5.65 Å². The summed E-state index contributed by atoms with van der Waals surface area (Å²) >= 11 is 0. The Balaban J connectivity index is 2.47. The van der Waals surface area contributed by atoms with E-state index >= 15 is 0 Å². The number of nitrogens with zero attached hydrogens (tertiary/aromatic N) is 3. The summed E-state index contributed by atoms with van der Waals surface area (Å²) in [5.41, 5.74) is 3.51. The molecule has 0 aliphatic carbocycles. The van der Waals surface area contributed by atoms with E-state index in [1.165, 1.54) is 11.3 Å². The van der Waals surface area contributed by atoms with Crippen molar-refractivity contribution in [3.05, 3.63) is 35.8 Å². The number of fused-ring (bicyclic) bond motifs is 1. The summed E-state index contributed by atoms with van der Waals surface area (Å²) in [5, 5.41) is 0. The average molecular weight is 189 g/mol. The molecule has 3 heteroatoms. The number of imidazole rings is 1. The van der Waals surface area contributed by atoms with Gasteiger partial charge in [-0.3, -0.25) is 0 Å². The molecule has 2 heterocycles. The maximum atomic E-state index is 4.37. The number of rotatable bonds is 2. The van der Waals surface area contributed by atoms with Crippen LogP contribution in [0.5, 0.6) is 0 Å². The molecular formula is C11H15N3. The van der Waals surface area contributed by atoms with Crippen LogP contribution in [0.1, 0.15) is 11.3 Å². The molecule has 0 spiro atoms. The second kappa shape index (κ2) is 3.42. The number of aryl methyl sites for hydroxylation is 1. The topological polar surface area (TPSA) is 20.5 Å².